The summed E-state index contributed by atoms with van der Waals surface area (Å²) in [6.45, 7) is 12.8. The van der Waals surface area contributed by atoms with E-state index in [1.54, 1.807) is 0 Å². The highest BCUT2D eigenvalue weighted by Gasteiger charge is 2.30. The zero-order valence-electron chi connectivity index (χ0n) is 12.5. The summed E-state index contributed by atoms with van der Waals surface area (Å²) in [5.41, 5.74) is 3.32. The molecule has 0 radical (unpaired) electrons. The third-order valence-electron chi connectivity index (χ3n) is 4.36. The normalized spacial score (nSPS) is 17.5. The molecule has 19 heavy (non-hydrogen) atoms. The molecule has 1 aromatic carbocycles. The molecule has 1 aliphatic rings. The number of allylic oxidation sites excluding steroid dienone is 1. The van der Waals surface area contributed by atoms with Crippen molar-refractivity contribution in [1.82, 2.24) is 0 Å². The molecule has 1 aromatic rings. The van der Waals surface area contributed by atoms with E-state index in [1.165, 1.54) is 47.2 Å². The molecule has 0 atom stereocenters. The summed E-state index contributed by atoms with van der Waals surface area (Å²) in [6.07, 6.45) is 11.6. The summed E-state index contributed by atoms with van der Waals surface area (Å²) in [7, 11) is 0. The fourth-order valence-corrected chi connectivity index (χ4v) is 3.22. The fourth-order valence-electron chi connectivity index (χ4n) is 3.22. The molecule has 0 saturated heterocycles. The molecule has 1 aliphatic carbocycles. The Balaban J connectivity index is 2.22. The van der Waals surface area contributed by atoms with Crippen LogP contribution in [0.25, 0.3) is 12.7 Å². The highest BCUT2D eigenvalue weighted by Crippen LogP contribution is 2.35. The van der Waals surface area contributed by atoms with Crippen molar-refractivity contribution in [2.24, 2.45) is 0 Å². The van der Waals surface area contributed by atoms with Gasteiger partial charge in [-0.25, -0.2) is 0 Å². The van der Waals surface area contributed by atoms with Crippen molar-refractivity contribution < 1.29 is 0 Å². The van der Waals surface area contributed by atoms with E-state index in [1.807, 2.05) is 6.08 Å². The minimum absolute atomic E-state index is 0.305. The SMILES string of the molecule is C=CCCCC/C=c1\ccc2c(c1=C)C(C)(C)CC2. The van der Waals surface area contributed by atoms with Crippen molar-refractivity contribution in [3.05, 3.63) is 46.4 Å². The van der Waals surface area contributed by atoms with Crippen LogP contribution in [0.3, 0.4) is 0 Å². The number of fused-ring (bicyclic) bond motifs is 1. The van der Waals surface area contributed by atoms with Gasteiger partial charge in [0.15, 0.2) is 0 Å². The van der Waals surface area contributed by atoms with Crippen molar-refractivity contribution in [3.63, 3.8) is 0 Å². The Labute approximate surface area is 117 Å². The van der Waals surface area contributed by atoms with Gasteiger partial charge < -0.3 is 0 Å². The molecule has 0 aliphatic heterocycles. The molecule has 0 spiro atoms. The lowest BCUT2D eigenvalue weighted by molar-refractivity contribution is 0.519. The second-order valence-electron chi connectivity index (χ2n) is 6.33. The van der Waals surface area contributed by atoms with Crippen molar-refractivity contribution in [1.29, 1.82) is 0 Å². The molecular weight excluding hydrogens is 228 g/mol. The van der Waals surface area contributed by atoms with Crippen LogP contribution in [0.5, 0.6) is 0 Å². The molecular formula is C19H26. The van der Waals surface area contributed by atoms with Crippen molar-refractivity contribution in [2.75, 3.05) is 0 Å². The summed E-state index contributed by atoms with van der Waals surface area (Å²) in [5, 5.41) is 2.61. The Morgan fingerprint density at radius 1 is 1.21 bits per heavy atom. The average Bonchev–Trinajstić information content (AvgIpc) is 2.68. The Kier molecular flexibility index (Phi) is 4.29. The molecule has 0 nitrogen and oxygen atoms in total. The topological polar surface area (TPSA) is 0 Å². The van der Waals surface area contributed by atoms with Crippen molar-refractivity contribution >= 4 is 12.7 Å². The highest BCUT2D eigenvalue weighted by atomic mass is 14.3. The van der Waals surface area contributed by atoms with E-state index in [2.05, 4.69) is 45.2 Å². The van der Waals surface area contributed by atoms with Crippen LogP contribution in [0.2, 0.25) is 0 Å². The third kappa shape index (κ3) is 3.00. The molecule has 2 rings (SSSR count). The maximum Gasteiger partial charge on any atom is -0.00917 e. The largest absolute Gasteiger partial charge is 0.103 e. The second-order valence-corrected chi connectivity index (χ2v) is 6.33. The van der Waals surface area contributed by atoms with Gasteiger partial charge in [0.05, 0.1) is 0 Å². The van der Waals surface area contributed by atoms with E-state index in [0.717, 1.165) is 12.8 Å². The first-order valence-electron chi connectivity index (χ1n) is 7.48. The van der Waals surface area contributed by atoms with E-state index in [4.69, 9.17) is 0 Å². The summed E-state index contributed by atoms with van der Waals surface area (Å²) in [5.74, 6) is 0. The summed E-state index contributed by atoms with van der Waals surface area (Å²) in [4.78, 5) is 0. The molecule has 0 bridgehead atoms. The molecule has 0 fully saturated rings. The zero-order valence-corrected chi connectivity index (χ0v) is 12.5. The number of rotatable bonds is 5. The summed E-state index contributed by atoms with van der Waals surface area (Å²) >= 11 is 0. The molecule has 0 N–H and O–H groups in total. The van der Waals surface area contributed by atoms with Gasteiger partial charge in [0.1, 0.15) is 0 Å². The van der Waals surface area contributed by atoms with E-state index in [0.29, 0.717) is 5.41 Å². The van der Waals surface area contributed by atoms with Gasteiger partial charge in [-0.1, -0.05) is 44.7 Å². The molecule has 0 heterocycles. The van der Waals surface area contributed by atoms with Crippen LogP contribution in [0.1, 0.15) is 57.1 Å². The fraction of sp³-hybridized carbons (Fsp3) is 0.474. The van der Waals surface area contributed by atoms with Gasteiger partial charge in [0, 0.05) is 0 Å². The quantitative estimate of drug-likeness (QED) is 0.553. The number of hydrogen-bond donors (Lipinski definition) is 0. The number of benzene rings is 1. The molecule has 0 saturated carbocycles. The lowest BCUT2D eigenvalue weighted by Crippen LogP contribution is -2.32. The second kappa shape index (κ2) is 5.77. The zero-order chi connectivity index (χ0) is 13.9. The van der Waals surface area contributed by atoms with Gasteiger partial charge in [-0.3, -0.25) is 0 Å². The van der Waals surface area contributed by atoms with Gasteiger partial charge >= 0.3 is 0 Å². The number of unbranched alkanes of at least 4 members (excludes halogenated alkanes) is 3. The first-order valence-corrected chi connectivity index (χ1v) is 7.48. The van der Waals surface area contributed by atoms with Crippen molar-refractivity contribution in [3.8, 4) is 0 Å². The standard InChI is InChI=1S/C19H26/c1-5-6-7-8-9-10-16-11-12-17-13-14-19(3,4)18(17)15(16)2/h5,10-12H,1-2,6-9,13-14H2,3-4H3/b16-10+. The molecule has 0 amide bonds. The summed E-state index contributed by atoms with van der Waals surface area (Å²) < 4.78 is 0. The van der Waals surface area contributed by atoms with E-state index in [9.17, 15) is 0 Å². The van der Waals surface area contributed by atoms with Gasteiger partial charge in [0.25, 0.3) is 0 Å². The molecule has 0 heteroatoms. The van der Waals surface area contributed by atoms with Crippen LogP contribution in [0.4, 0.5) is 0 Å². The first-order chi connectivity index (χ1) is 9.06. The molecule has 0 unspecified atom stereocenters. The van der Waals surface area contributed by atoms with Crippen LogP contribution >= 0.6 is 0 Å². The van der Waals surface area contributed by atoms with Crippen LogP contribution < -0.4 is 10.4 Å². The number of aryl methyl sites for hydroxylation is 1. The van der Waals surface area contributed by atoms with Gasteiger partial charge in [0.2, 0.25) is 0 Å². The Morgan fingerprint density at radius 2 is 1.95 bits per heavy atom. The Hall–Kier alpha value is -1.30. The summed E-state index contributed by atoms with van der Waals surface area (Å²) in [6, 6.07) is 4.57. The highest BCUT2D eigenvalue weighted by molar-refractivity contribution is 5.43. The average molecular weight is 254 g/mol. The van der Waals surface area contributed by atoms with Crippen molar-refractivity contribution in [2.45, 2.75) is 57.8 Å². The molecule has 0 aromatic heterocycles. The van der Waals surface area contributed by atoms with E-state index < -0.39 is 0 Å². The smallest absolute Gasteiger partial charge is 0.00917 e. The molecule has 102 valence electrons. The maximum absolute atomic E-state index is 4.36. The van der Waals surface area contributed by atoms with Gasteiger partial charge in [-0.15, -0.1) is 6.58 Å². The minimum atomic E-state index is 0.305. The van der Waals surface area contributed by atoms with Crippen LogP contribution in [0.15, 0.2) is 24.8 Å². The predicted octanol–water partition coefficient (Wildman–Crippen LogP) is 3.85. The van der Waals surface area contributed by atoms with Gasteiger partial charge in [-0.05, 0) is 65.5 Å². The monoisotopic (exact) mass is 254 g/mol. The van der Waals surface area contributed by atoms with E-state index in [-0.39, 0.29) is 0 Å². The van der Waals surface area contributed by atoms with Crippen LogP contribution in [0, 0.1) is 0 Å². The Bertz CT molecular complexity index is 560. The maximum atomic E-state index is 4.36. The predicted molar refractivity (Wildman–Crippen MR) is 85.7 cm³/mol. The lowest BCUT2D eigenvalue weighted by Gasteiger charge is -2.19. The van der Waals surface area contributed by atoms with Crippen LogP contribution in [-0.4, -0.2) is 0 Å². The number of hydrogen-bond acceptors (Lipinski definition) is 0. The third-order valence-corrected chi connectivity index (χ3v) is 4.36. The lowest BCUT2D eigenvalue weighted by atomic mass is 9.85. The first kappa shape index (κ1) is 14.1. The minimum Gasteiger partial charge on any atom is -0.103 e. The van der Waals surface area contributed by atoms with Crippen LogP contribution in [-0.2, 0) is 11.8 Å². The Morgan fingerprint density at radius 3 is 2.68 bits per heavy atom. The van der Waals surface area contributed by atoms with Gasteiger partial charge in [-0.2, -0.15) is 0 Å². The van der Waals surface area contributed by atoms with E-state index >= 15 is 0 Å².